The number of carbonyl (C=O) groups excluding carboxylic acids is 3. The van der Waals surface area contributed by atoms with Crippen molar-refractivity contribution < 1.29 is 28.6 Å². The van der Waals surface area contributed by atoms with E-state index in [-0.39, 0.29) is 31.1 Å². The third-order valence-electron chi connectivity index (χ3n) is 15.1. The lowest BCUT2D eigenvalue weighted by atomic mass is 10.0. The van der Waals surface area contributed by atoms with Crippen molar-refractivity contribution in [1.82, 2.24) is 0 Å². The number of hydrogen-bond donors (Lipinski definition) is 0. The fraction of sp³-hybridized carbons (Fsp3) is 0.747. The van der Waals surface area contributed by atoms with E-state index in [0.717, 1.165) is 109 Å². The average molecular weight is 1130 g/mol. The second kappa shape index (κ2) is 68.8. The molecule has 0 spiro atoms. The van der Waals surface area contributed by atoms with Gasteiger partial charge in [0.25, 0.3) is 0 Å². The van der Waals surface area contributed by atoms with Crippen LogP contribution < -0.4 is 0 Å². The van der Waals surface area contributed by atoms with Crippen LogP contribution in [0.3, 0.4) is 0 Å². The average Bonchev–Trinajstić information content (AvgIpc) is 3.47. The number of esters is 3. The van der Waals surface area contributed by atoms with Crippen LogP contribution in [0.2, 0.25) is 0 Å². The van der Waals surface area contributed by atoms with E-state index in [0.29, 0.717) is 19.3 Å². The topological polar surface area (TPSA) is 78.9 Å². The van der Waals surface area contributed by atoms with E-state index in [1.807, 2.05) is 0 Å². The highest BCUT2D eigenvalue weighted by atomic mass is 16.6. The number of hydrogen-bond acceptors (Lipinski definition) is 6. The predicted octanol–water partition coefficient (Wildman–Crippen LogP) is 24.0. The summed E-state index contributed by atoms with van der Waals surface area (Å²) < 4.78 is 16.9. The van der Waals surface area contributed by atoms with Crippen molar-refractivity contribution in [3.8, 4) is 0 Å². The van der Waals surface area contributed by atoms with Crippen molar-refractivity contribution in [3.05, 3.63) is 97.2 Å². The molecule has 0 fully saturated rings. The third-order valence-corrected chi connectivity index (χ3v) is 15.1. The Morgan fingerprint density at radius 3 is 0.765 bits per heavy atom. The van der Waals surface area contributed by atoms with Gasteiger partial charge in [0.05, 0.1) is 0 Å². The van der Waals surface area contributed by atoms with Gasteiger partial charge in [-0.05, 0) is 103 Å². The molecular weight excluding hydrogens is 997 g/mol. The Balaban J connectivity index is 4.20. The third kappa shape index (κ3) is 67.0. The summed E-state index contributed by atoms with van der Waals surface area (Å²) in [4.78, 5) is 38.3. The van der Waals surface area contributed by atoms with Gasteiger partial charge in [-0.1, -0.05) is 317 Å². The molecule has 0 radical (unpaired) electrons. The molecule has 6 nitrogen and oxygen atoms in total. The molecule has 0 aliphatic heterocycles. The van der Waals surface area contributed by atoms with Crippen LogP contribution >= 0.6 is 0 Å². The summed E-state index contributed by atoms with van der Waals surface area (Å²) in [5.74, 6) is -0.879. The highest BCUT2D eigenvalue weighted by Crippen LogP contribution is 2.17. The smallest absolute Gasteiger partial charge is 0.306 e. The first-order chi connectivity index (χ1) is 40.0. The predicted molar refractivity (Wildman–Crippen MR) is 353 cm³/mol. The zero-order valence-corrected chi connectivity index (χ0v) is 53.5. The lowest BCUT2D eigenvalue weighted by molar-refractivity contribution is -0.167. The minimum absolute atomic E-state index is 0.0778. The van der Waals surface area contributed by atoms with Crippen molar-refractivity contribution in [2.24, 2.45) is 0 Å². The molecule has 0 saturated carbocycles. The molecule has 1 atom stereocenters. The zero-order valence-electron chi connectivity index (χ0n) is 53.5. The van der Waals surface area contributed by atoms with Crippen LogP contribution in [-0.4, -0.2) is 37.2 Å². The standard InChI is InChI=1S/C75H130O6/c1-4-7-10-13-16-19-21-23-25-27-29-31-33-35-36-37-38-40-41-43-45-47-49-51-53-56-59-62-65-68-74(77)80-71-72(70-79-73(76)67-64-61-58-55-18-15-12-9-6-3)81-75(78)69-66-63-60-57-54-52-50-48-46-44-42-39-34-32-30-28-26-24-22-20-17-14-11-8-5-2/h7,10,16,19,23,25,28-31,35-36,38,40,43,45,72H,4-6,8-9,11-15,17-18,20-22,24,26-27,32-34,37,39,41-42,44,46-71H2,1-3H3/b10-7-,19-16-,25-23-,30-28-,31-29-,36-35-,40-38-,45-43-. The molecule has 466 valence electrons. The van der Waals surface area contributed by atoms with Crippen LogP contribution in [0.5, 0.6) is 0 Å². The van der Waals surface area contributed by atoms with Gasteiger partial charge in [-0.25, -0.2) is 0 Å². The van der Waals surface area contributed by atoms with Gasteiger partial charge in [0.2, 0.25) is 0 Å². The Hall–Kier alpha value is -3.67. The fourth-order valence-electron chi connectivity index (χ4n) is 9.89. The second-order valence-electron chi connectivity index (χ2n) is 23.1. The van der Waals surface area contributed by atoms with E-state index in [1.165, 1.54) is 193 Å². The molecule has 0 saturated heterocycles. The maximum absolute atomic E-state index is 12.9. The SMILES string of the molecule is CC/C=C\C/C=C\C/C=C\C/C=C\C/C=C\C/C=C\C/C=C\CCCCCCCCCC(=O)OCC(COC(=O)CCCCCCCCCCC)OC(=O)CCCCCCCCCCCCCCC/C=C\CCCCCCCCCC. The quantitative estimate of drug-likeness (QED) is 0.0261. The summed E-state index contributed by atoms with van der Waals surface area (Å²) in [6.07, 6.45) is 93.0. The molecule has 1 unspecified atom stereocenters. The monoisotopic (exact) mass is 1130 g/mol. The van der Waals surface area contributed by atoms with Gasteiger partial charge >= 0.3 is 17.9 Å². The first kappa shape index (κ1) is 77.3. The van der Waals surface area contributed by atoms with Crippen LogP contribution in [0.15, 0.2) is 97.2 Å². The molecule has 0 aromatic carbocycles. The van der Waals surface area contributed by atoms with E-state index in [9.17, 15) is 14.4 Å². The van der Waals surface area contributed by atoms with Crippen LogP contribution in [0.4, 0.5) is 0 Å². The van der Waals surface area contributed by atoms with E-state index < -0.39 is 6.10 Å². The Morgan fingerprint density at radius 1 is 0.259 bits per heavy atom. The first-order valence-electron chi connectivity index (χ1n) is 34.7. The summed E-state index contributed by atoms with van der Waals surface area (Å²) in [6.45, 7) is 6.53. The molecule has 6 heteroatoms. The van der Waals surface area contributed by atoms with Crippen molar-refractivity contribution in [2.75, 3.05) is 13.2 Å². The maximum atomic E-state index is 12.9. The number of carbonyl (C=O) groups is 3. The molecular formula is C75H130O6. The molecule has 0 amide bonds. The van der Waals surface area contributed by atoms with Gasteiger partial charge in [0, 0.05) is 19.3 Å². The van der Waals surface area contributed by atoms with Gasteiger partial charge < -0.3 is 14.2 Å². The van der Waals surface area contributed by atoms with E-state index in [1.54, 1.807) is 0 Å². The molecule has 0 heterocycles. The molecule has 0 aromatic rings. The Kier molecular flexibility index (Phi) is 65.7. The number of unbranched alkanes of at least 4 members (excludes halogenated alkanes) is 36. The lowest BCUT2D eigenvalue weighted by Crippen LogP contribution is -2.30. The molecule has 0 aromatic heterocycles. The van der Waals surface area contributed by atoms with Gasteiger partial charge in [-0.2, -0.15) is 0 Å². The highest BCUT2D eigenvalue weighted by molar-refractivity contribution is 5.71. The number of ether oxygens (including phenoxy) is 3. The summed E-state index contributed by atoms with van der Waals surface area (Å²) >= 11 is 0. The molecule has 0 aliphatic rings. The van der Waals surface area contributed by atoms with E-state index in [4.69, 9.17) is 14.2 Å². The second-order valence-corrected chi connectivity index (χ2v) is 23.1. The highest BCUT2D eigenvalue weighted by Gasteiger charge is 2.19. The largest absolute Gasteiger partial charge is 0.462 e. The zero-order chi connectivity index (χ0) is 58.5. The summed E-state index contributed by atoms with van der Waals surface area (Å²) in [6, 6.07) is 0. The molecule has 0 N–H and O–H groups in total. The summed E-state index contributed by atoms with van der Waals surface area (Å²) in [7, 11) is 0. The van der Waals surface area contributed by atoms with Crippen LogP contribution in [-0.2, 0) is 28.6 Å². The maximum Gasteiger partial charge on any atom is 0.306 e. The van der Waals surface area contributed by atoms with Crippen molar-refractivity contribution >= 4 is 17.9 Å². The van der Waals surface area contributed by atoms with Gasteiger partial charge in [0.1, 0.15) is 13.2 Å². The fourth-order valence-corrected chi connectivity index (χ4v) is 9.89. The van der Waals surface area contributed by atoms with E-state index in [2.05, 4.69) is 118 Å². The summed E-state index contributed by atoms with van der Waals surface area (Å²) in [5, 5.41) is 0. The summed E-state index contributed by atoms with van der Waals surface area (Å²) in [5.41, 5.74) is 0. The number of rotatable bonds is 63. The minimum Gasteiger partial charge on any atom is -0.462 e. The first-order valence-corrected chi connectivity index (χ1v) is 34.7. The molecule has 0 aliphatic carbocycles. The lowest BCUT2D eigenvalue weighted by Gasteiger charge is -2.18. The Labute approximate surface area is 502 Å². The number of allylic oxidation sites excluding steroid dienone is 16. The van der Waals surface area contributed by atoms with Crippen LogP contribution in [0.1, 0.15) is 342 Å². The Bertz CT molecular complexity index is 1580. The van der Waals surface area contributed by atoms with Gasteiger partial charge in [0.15, 0.2) is 6.10 Å². The van der Waals surface area contributed by atoms with Gasteiger partial charge in [-0.3, -0.25) is 14.4 Å². The minimum atomic E-state index is -0.781. The van der Waals surface area contributed by atoms with Crippen molar-refractivity contribution in [1.29, 1.82) is 0 Å². The van der Waals surface area contributed by atoms with Crippen LogP contribution in [0, 0.1) is 0 Å². The molecule has 0 bridgehead atoms. The van der Waals surface area contributed by atoms with E-state index >= 15 is 0 Å². The van der Waals surface area contributed by atoms with Crippen molar-refractivity contribution in [3.63, 3.8) is 0 Å². The van der Waals surface area contributed by atoms with Crippen LogP contribution in [0.25, 0.3) is 0 Å². The Morgan fingerprint density at radius 2 is 0.481 bits per heavy atom. The van der Waals surface area contributed by atoms with Gasteiger partial charge in [-0.15, -0.1) is 0 Å². The normalized spacial score (nSPS) is 12.7. The molecule has 0 rings (SSSR count). The molecule has 81 heavy (non-hydrogen) atoms. The van der Waals surface area contributed by atoms with Crippen molar-refractivity contribution in [2.45, 2.75) is 348 Å².